The van der Waals surface area contributed by atoms with Crippen molar-refractivity contribution in [3.8, 4) is 0 Å². The highest BCUT2D eigenvalue weighted by Gasteiger charge is 2.27. The third-order valence-corrected chi connectivity index (χ3v) is 4.68. The molecule has 1 fully saturated rings. The number of hydrogen-bond acceptors (Lipinski definition) is 2. The number of benzene rings is 1. The molecular weight excluding hydrogens is 248 g/mol. The van der Waals surface area contributed by atoms with Crippen molar-refractivity contribution < 1.29 is 8.42 Å². The van der Waals surface area contributed by atoms with Crippen molar-refractivity contribution in [2.24, 2.45) is 11.1 Å². The van der Waals surface area contributed by atoms with Crippen molar-refractivity contribution in [2.45, 2.75) is 31.2 Å². The molecule has 1 aromatic heterocycles. The lowest BCUT2D eigenvalue weighted by molar-refractivity contribution is 0.593. The molecule has 5 heteroatoms. The zero-order valence-electron chi connectivity index (χ0n) is 10.3. The lowest BCUT2D eigenvalue weighted by Crippen LogP contribution is -2.14. The Labute approximate surface area is 106 Å². The van der Waals surface area contributed by atoms with Crippen LogP contribution in [0.25, 0.3) is 10.9 Å². The monoisotopic (exact) mass is 264 g/mol. The van der Waals surface area contributed by atoms with Crippen molar-refractivity contribution in [1.82, 2.24) is 4.57 Å². The third-order valence-electron chi connectivity index (χ3n) is 3.60. The van der Waals surface area contributed by atoms with Crippen molar-refractivity contribution in [2.75, 3.05) is 0 Å². The van der Waals surface area contributed by atoms with Gasteiger partial charge in [0.2, 0.25) is 10.0 Å². The van der Waals surface area contributed by atoms with E-state index in [9.17, 15) is 8.42 Å². The van der Waals surface area contributed by atoms with Gasteiger partial charge in [-0.2, -0.15) is 0 Å². The number of nitrogens with two attached hydrogens (primary N) is 1. The minimum Gasteiger partial charge on any atom is -0.343 e. The van der Waals surface area contributed by atoms with Crippen LogP contribution in [-0.4, -0.2) is 13.0 Å². The molecule has 18 heavy (non-hydrogen) atoms. The van der Waals surface area contributed by atoms with Gasteiger partial charge in [0.15, 0.2) is 0 Å². The maximum Gasteiger partial charge on any atom is 0.240 e. The summed E-state index contributed by atoms with van der Waals surface area (Å²) in [6.07, 6.45) is 2.47. The van der Waals surface area contributed by atoms with Crippen molar-refractivity contribution in [1.29, 1.82) is 0 Å². The normalized spacial score (nSPS) is 16.3. The minimum atomic E-state index is -3.68. The van der Waals surface area contributed by atoms with Crippen LogP contribution in [0, 0.1) is 12.8 Å². The van der Waals surface area contributed by atoms with Crippen LogP contribution in [-0.2, 0) is 16.6 Å². The highest BCUT2D eigenvalue weighted by atomic mass is 32.2. The summed E-state index contributed by atoms with van der Waals surface area (Å²) in [5.74, 6) is 0.688. The summed E-state index contributed by atoms with van der Waals surface area (Å²) in [7, 11) is -3.68. The first-order valence-electron chi connectivity index (χ1n) is 6.09. The fraction of sp³-hybridized carbons (Fsp3) is 0.385. The van der Waals surface area contributed by atoms with E-state index in [1.807, 2.05) is 31.2 Å². The predicted molar refractivity (Wildman–Crippen MR) is 70.8 cm³/mol. The van der Waals surface area contributed by atoms with Crippen LogP contribution in [0.3, 0.4) is 0 Å². The first-order chi connectivity index (χ1) is 8.48. The first kappa shape index (κ1) is 11.7. The summed E-state index contributed by atoms with van der Waals surface area (Å²) in [5.41, 5.74) is 1.72. The molecule has 1 aliphatic carbocycles. The van der Waals surface area contributed by atoms with Gasteiger partial charge in [0.25, 0.3) is 0 Å². The van der Waals surface area contributed by atoms with Gasteiger partial charge in [0.1, 0.15) is 4.90 Å². The summed E-state index contributed by atoms with van der Waals surface area (Å²) in [6.45, 7) is 2.73. The molecule has 3 rings (SSSR count). The van der Waals surface area contributed by atoms with Gasteiger partial charge in [0.05, 0.1) is 0 Å². The van der Waals surface area contributed by atoms with E-state index in [1.54, 1.807) is 0 Å². The Morgan fingerprint density at radius 3 is 2.61 bits per heavy atom. The van der Waals surface area contributed by atoms with E-state index in [0.717, 1.165) is 23.1 Å². The average molecular weight is 264 g/mol. The number of fused-ring (bicyclic) bond motifs is 1. The molecule has 1 aromatic carbocycles. The maximum atomic E-state index is 11.7. The van der Waals surface area contributed by atoms with Crippen LogP contribution in [0.5, 0.6) is 0 Å². The smallest absolute Gasteiger partial charge is 0.240 e. The van der Waals surface area contributed by atoms with E-state index in [-0.39, 0.29) is 4.90 Å². The molecule has 0 unspecified atom stereocenters. The highest BCUT2D eigenvalue weighted by molar-refractivity contribution is 7.89. The molecule has 0 atom stereocenters. The molecule has 0 radical (unpaired) electrons. The van der Waals surface area contributed by atoms with Gasteiger partial charge in [-0.1, -0.05) is 18.2 Å². The Hall–Kier alpha value is -1.33. The molecule has 96 valence electrons. The zero-order valence-corrected chi connectivity index (χ0v) is 11.1. The maximum absolute atomic E-state index is 11.7. The molecule has 0 amide bonds. The second-order valence-corrected chi connectivity index (χ2v) is 6.53. The summed E-state index contributed by atoms with van der Waals surface area (Å²) in [6, 6.07) is 7.56. The minimum absolute atomic E-state index is 0.277. The van der Waals surface area contributed by atoms with Gasteiger partial charge in [-0.05, 0) is 31.7 Å². The predicted octanol–water partition coefficient (Wildman–Crippen LogP) is 2.01. The molecular formula is C13H16N2O2S. The number of nitrogens with zero attached hydrogens (tertiary/aromatic N) is 1. The topological polar surface area (TPSA) is 65.1 Å². The van der Waals surface area contributed by atoms with E-state index in [0.29, 0.717) is 5.92 Å². The van der Waals surface area contributed by atoms with Crippen LogP contribution in [0.4, 0.5) is 0 Å². The number of aromatic nitrogens is 1. The molecule has 0 saturated heterocycles. The van der Waals surface area contributed by atoms with Crippen LogP contribution >= 0.6 is 0 Å². The SMILES string of the molecule is Cc1c(S(N)(=O)=O)c2ccccc2n1CC1CC1. The standard InChI is InChI=1S/C13H16N2O2S/c1-9-13(18(14,16)17)11-4-2-3-5-12(11)15(9)8-10-6-7-10/h2-5,10H,6-8H2,1H3,(H2,14,16,17). The second kappa shape index (κ2) is 3.83. The van der Waals surface area contributed by atoms with Crippen LogP contribution in [0.1, 0.15) is 18.5 Å². The molecule has 1 aliphatic rings. The van der Waals surface area contributed by atoms with Gasteiger partial charge in [-0.15, -0.1) is 0 Å². The second-order valence-electron chi connectivity index (χ2n) is 5.03. The summed E-state index contributed by atoms with van der Waals surface area (Å²) in [4.78, 5) is 0.277. The van der Waals surface area contributed by atoms with Crippen LogP contribution in [0.2, 0.25) is 0 Å². The lowest BCUT2D eigenvalue weighted by Gasteiger charge is -2.06. The van der Waals surface area contributed by atoms with Crippen molar-refractivity contribution >= 4 is 20.9 Å². The van der Waals surface area contributed by atoms with Crippen LogP contribution in [0.15, 0.2) is 29.2 Å². The van der Waals surface area contributed by atoms with E-state index >= 15 is 0 Å². The summed E-state index contributed by atoms with van der Waals surface area (Å²) >= 11 is 0. The molecule has 0 spiro atoms. The van der Waals surface area contributed by atoms with Gasteiger partial charge >= 0.3 is 0 Å². The highest BCUT2D eigenvalue weighted by Crippen LogP contribution is 2.35. The number of rotatable bonds is 3. The average Bonchev–Trinajstić information content (AvgIpc) is 3.04. The Morgan fingerprint density at radius 1 is 1.33 bits per heavy atom. The van der Waals surface area contributed by atoms with Gasteiger partial charge in [0, 0.05) is 23.1 Å². The molecule has 0 aliphatic heterocycles. The molecule has 1 heterocycles. The van der Waals surface area contributed by atoms with E-state index < -0.39 is 10.0 Å². The van der Waals surface area contributed by atoms with Crippen molar-refractivity contribution in [3.05, 3.63) is 30.0 Å². The zero-order chi connectivity index (χ0) is 12.9. The van der Waals surface area contributed by atoms with Gasteiger partial charge in [-0.25, -0.2) is 13.6 Å². The molecule has 2 N–H and O–H groups in total. The van der Waals surface area contributed by atoms with Gasteiger partial charge < -0.3 is 4.57 Å². The van der Waals surface area contributed by atoms with E-state index in [1.165, 1.54) is 12.8 Å². The largest absolute Gasteiger partial charge is 0.343 e. The van der Waals surface area contributed by atoms with E-state index in [2.05, 4.69) is 4.57 Å². The summed E-state index contributed by atoms with van der Waals surface area (Å²) in [5, 5.41) is 6.08. The molecule has 0 bridgehead atoms. The Morgan fingerprint density at radius 2 is 2.00 bits per heavy atom. The number of sulfonamides is 1. The third kappa shape index (κ3) is 1.83. The first-order valence-corrected chi connectivity index (χ1v) is 7.64. The number of hydrogen-bond donors (Lipinski definition) is 1. The molecule has 1 saturated carbocycles. The van der Waals surface area contributed by atoms with Crippen LogP contribution < -0.4 is 5.14 Å². The van der Waals surface area contributed by atoms with E-state index in [4.69, 9.17) is 5.14 Å². The lowest BCUT2D eigenvalue weighted by atomic mass is 10.2. The molecule has 2 aromatic rings. The molecule has 4 nitrogen and oxygen atoms in total. The van der Waals surface area contributed by atoms with Gasteiger partial charge in [-0.3, -0.25) is 0 Å². The van der Waals surface area contributed by atoms with Crippen molar-refractivity contribution in [3.63, 3.8) is 0 Å². The summed E-state index contributed by atoms with van der Waals surface area (Å²) < 4.78 is 25.6. The fourth-order valence-electron chi connectivity index (χ4n) is 2.55. The fourth-order valence-corrected chi connectivity index (χ4v) is 3.55. The Kier molecular flexibility index (Phi) is 2.50. The Balaban J connectivity index is 2.31. The number of primary sulfonamides is 1. The quantitative estimate of drug-likeness (QED) is 0.921. The number of para-hydroxylation sites is 1. The Bertz CT molecular complexity index is 712.